The number of allylic oxidation sites excluding steroid dienone is 10. The van der Waals surface area contributed by atoms with E-state index < -0.39 is 0 Å². The van der Waals surface area contributed by atoms with Crippen molar-refractivity contribution in [2.45, 2.75) is 67.2 Å². The molecule has 1 aliphatic carbocycles. The summed E-state index contributed by atoms with van der Waals surface area (Å²) in [4.78, 5) is 0. The molecule has 0 fully saturated rings. The molecule has 0 saturated carbocycles. The Bertz CT molecular complexity index is 962. The number of benzene rings is 2. The predicted octanol–water partition coefficient (Wildman–Crippen LogP) is 11.6. The first kappa shape index (κ1) is 34.8. The summed E-state index contributed by atoms with van der Waals surface area (Å²) in [5.74, 6) is 0. The molecule has 0 radical (unpaired) electrons. The minimum atomic E-state index is -0.338. The second-order valence-electron chi connectivity index (χ2n) is 7.16. The zero-order valence-electron chi connectivity index (χ0n) is 24.3. The van der Waals surface area contributed by atoms with E-state index in [9.17, 15) is 0 Å². The van der Waals surface area contributed by atoms with Crippen LogP contribution in [0.5, 0.6) is 0 Å². The Morgan fingerprint density at radius 1 is 0.778 bits per heavy atom. The van der Waals surface area contributed by atoms with Crippen molar-refractivity contribution in [3.8, 4) is 11.1 Å². The summed E-state index contributed by atoms with van der Waals surface area (Å²) in [5.41, 5.74) is 7.43. The molecule has 0 aliphatic heterocycles. The van der Waals surface area contributed by atoms with Gasteiger partial charge >= 0.3 is 0 Å². The molecule has 0 heteroatoms. The minimum Gasteiger partial charge on any atom is -0.106 e. The second kappa shape index (κ2) is 20.9. The van der Waals surface area contributed by atoms with Gasteiger partial charge < -0.3 is 0 Å². The summed E-state index contributed by atoms with van der Waals surface area (Å²) in [6, 6.07) is 17.6. The number of fused-ring (bicyclic) bond motifs is 3. The molecule has 1 aliphatic rings. The van der Waals surface area contributed by atoms with E-state index in [0.717, 1.165) is 6.42 Å². The van der Waals surface area contributed by atoms with Gasteiger partial charge in [-0.1, -0.05) is 138 Å². The maximum atomic E-state index is 4.19. The summed E-state index contributed by atoms with van der Waals surface area (Å²) in [6.45, 7) is 29.8. The highest BCUT2D eigenvalue weighted by Gasteiger charge is 2.46. The SMILES string of the molecule is C=C.C=C/C(=C\C=C/C)C1(C(/C=C\CC)=C/C)c2ccccc2-c2ccccc21.C=CC.CC.CC. The van der Waals surface area contributed by atoms with Crippen molar-refractivity contribution in [3.05, 3.63) is 146 Å². The van der Waals surface area contributed by atoms with Gasteiger partial charge in [0, 0.05) is 0 Å². The van der Waals surface area contributed by atoms with Gasteiger partial charge in [-0.3, -0.25) is 0 Å². The molecule has 0 N–H and O–H groups in total. The Balaban J connectivity index is 0. The average Bonchev–Trinajstić information content (AvgIpc) is 3.25. The topological polar surface area (TPSA) is 0 Å². The van der Waals surface area contributed by atoms with Crippen molar-refractivity contribution in [2.24, 2.45) is 0 Å². The van der Waals surface area contributed by atoms with Crippen molar-refractivity contribution in [2.75, 3.05) is 0 Å². The molecule has 0 amide bonds. The van der Waals surface area contributed by atoms with Crippen LogP contribution >= 0.6 is 0 Å². The highest BCUT2D eigenvalue weighted by Crippen LogP contribution is 2.56. The first-order chi connectivity index (χ1) is 17.7. The third kappa shape index (κ3) is 7.82. The second-order valence-corrected chi connectivity index (χ2v) is 7.16. The molecule has 0 bridgehead atoms. The fraction of sp³-hybridized carbons (Fsp3) is 0.278. The lowest BCUT2D eigenvalue weighted by Crippen LogP contribution is -2.29. The van der Waals surface area contributed by atoms with Crippen molar-refractivity contribution in [1.29, 1.82) is 0 Å². The van der Waals surface area contributed by atoms with Gasteiger partial charge in [-0.2, -0.15) is 0 Å². The molecule has 0 nitrogen and oxygen atoms in total. The molecular formula is C36H50. The normalized spacial score (nSPS) is 12.8. The molecule has 0 atom stereocenters. The third-order valence-electron chi connectivity index (χ3n) is 5.35. The fourth-order valence-electron chi connectivity index (χ4n) is 4.25. The van der Waals surface area contributed by atoms with Crippen molar-refractivity contribution in [3.63, 3.8) is 0 Å². The summed E-state index contributed by atoms with van der Waals surface area (Å²) in [7, 11) is 0. The standard InChI is InChI=1S/C27H28.C3H6.2C2H6.C2H4/c1-5-9-15-21(7-3)27(22(8-4)16-10-6-2)25-19-13-11-17-23(25)24-18-12-14-20-26(24)27;1-3-2;3*1-2/h5,7-20H,3,6H2,1-2,4H3;3H,1H2,2H3;2*1-2H3;1-2H2/b9-5-,16-10-,21-15+,22-8+;;;;. The third-order valence-corrected chi connectivity index (χ3v) is 5.35. The Morgan fingerprint density at radius 2 is 1.22 bits per heavy atom. The van der Waals surface area contributed by atoms with Crippen LogP contribution in [0.15, 0.2) is 135 Å². The highest BCUT2D eigenvalue weighted by molar-refractivity contribution is 5.87. The molecule has 0 aromatic heterocycles. The Hall–Kier alpha value is -3.38. The van der Waals surface area contributed by atoms with Gasteiger partial charge in [0.1, 0.15) is 0 Å². The van der Waals surface area contributed by atoms with E-state index in [-0.39, 0.29) is 5.41 Å². The van der Waals surface area contributed by atoms with E-state index in [1.165, 1.54) is 33.4 Å². The van der Waals surface area contributed by atoms with Crippen molar-refractivity contribution < 1.29 is 0 Å². The highest BCUT2D eigenvalue weighted by atomic mass is 14.5. The van der Waals surface area contributed by atoms with Crippen molar-refractivity contribution >= 4 is 0 Å². The van der Waals surface area contributed by atoms with Gasteiger partial charge in [-0.15, -0.1) is 19.7 Å². The van der Waals surface area contributed by atoms with Gasteiger partial charge in [0.2, 0.25) is 0 Å². The zero-order chi connectivity index (χ0) is 28.0. The van der Waals surface area contributed by atoms with E-state index in [1.54, 1.807) is 6.08 Å². The van der Waals surface area contributed by atoms with Gasteiger partial charge in [0.25, 0.3) is 0 Å². The molecule has 0 saturated heterocycles. The van der Waals surface area contributed by atoms with E-state index in [0.29, 0.717) is 0 Å². The van der Waals surface area contributed by atoms with Crippen LogP contribution in [-0.2, 0) is 5.41 Å². The largest absolute Gasteiger partial charge is 0.106 e. The molecule has 3 rings (SSSR count). The van der Waals surface area contributed by atoms with Gasteiger partial charge in [0.05, 0.1) is 5.41 Å². The number of hydrogen-bond donors (Lipinski definition) is 0. The molecule has 194 valence electrons. The number of hydrogen-bond acceptors (Lipinski definition) is 0. The predicted molar refractivity (Wildman–Crippen MR) is 169 cm³/mol. The summed E-state index contributed by atoms with van der Waals surface area (Å²) < 4.78 is 0. The van der Waals surface area contributed by atoms with E-state index in [4.69, 9.17) is 0 Å². The monoisotopic (exact) mass is 482 g/mol. The van der Waals surface area contributed by atoms with Crippen molar-refractivity contribution in [1.82, 2.24) is 0 Å². The average molecular weight is 483 g/mol. The minimum absolute atomic E-state index is 0.338. The van der Waals surface area contributed by atoms with Crippen LogP contribution in [0.2, 0.25) is 0 Å². The quantitative estimate of drug-likeness (QED) is 0.283. The fourth-order valence-corrected chi connectivity index (χ4v) is 4.25. The lowest BCUT2D eigenvalue weighted by atomic mass is 9.66. The Kier molecular flexibility index (Phi) is 20.2. The van der Waals surface area contributed by atoms with Crippen LogP contribution in [0.4, 0.5) is 0 Å². The maximum Gasteiger partial charge on any atom is 0.0710 e. The molecule has 0 spiro atoms. The lowest BCUT2D eigenvalue weighted by Gasteiger charge is -2.35. The molecular weight excluding hydrogens is 432 g/mol. The molecule has 36 heavy (non-hydrogen) atoms. The smallest absolute Gasteiger partial charge is 0.0710 e. The molecule has 2 aromatic carbocycles. The van der Waals surface area contributed by atoms with Crippen LogP contribution in [0.25, 0.3) is 11.1 Å². The summed E-state index contributed by atoms with van der Waals surface area (Å²) in [5, 5.41) is 0. The van der Waals surface area contributed by atoms with Gasteiger partial charge in [-0.05, 0) is 60.6 Å². The zero-order valence-corrected chi connectivity index (χ0v) is 24.3. The van der Waals surface area contributed by atoms with Gasteiger partial charge in [0.15, 0.2) is 0 Å². The number of rotatable bonds is 6. The van der Waals surface area contributed by atoms with Crippen LogP contribution < -0.4 is 0 Å². The van der Waals surface area contributed by atoms with E-state index in [1.807, 2.05) is 47.6 Å². The first-order valence-corrected chi connectivity index (χ1v) is 13.2. The Labute approximate surface area is 223 Å². The summed E-state index contributed by atoms with van der Waals surface area (Å²) in [6.07, 6.45) is 17.9. The van der Waals surface area contributed by atoms with Crippen LogP contribution in [-0.4, -0.2) is 0 Å². The molecule has 0 unspecified atom stereocenters. The molecule has 0 heterocycles. The maximum absolute atomic E-state index is 4.19. The van der Waals surface area contributed by atoms with Crippen LogP contribution in [0.1, 0.15) is 72.9 Å². The van der Waals surface area contributed by atoms with E-state index >= 15 is 0 Å². The van der Waals surface area contributed by atoms with Gasteiger partial charge in [-0.25, -0.2) is 0 Å². The lowest BCUT2D eigenvalue weighted by molar-refractivity contribution is 0.763. The Morgan fingerprint density at radius 3 is 1.58 bits per heavy atom. The molecule has 2 aromatic rings. The van der Waals surface area contributed by atoms with Crippen LogP contribution in [0, 0.1) is 0 Å². The first-order valence-electron chi connectivity index (χ1n) is 13.2. The van der Waals surface area contributed by atoms with E-state index in [2.05, 4.69) is 125 Å². The van der Waals surface area contributed by atoms with Crippen LogP contribution in [0.3, 0.4) is 0 Å². The summed E-state index contributed by atoms with van der Waals surface area (Å²) >= 11 is 0.